The van der Waals surface area contributed by atoms with E-state index in [1.54, 1.807) is 18.2 Å². The Kier molecular flexibility index (Phi) is 6.68. The smallest absolute Gasteiger partial charge is 0.246 e. The van der Waals surface area contributed by atoms with Gasteiger partial charge in [-0.3, -0.25) is 4.79 Å². The summed E-state index contributed by atoms with van der Waals surface area (Å²) in [5.74, 6) is -1.55. The van der Waals surface area contributed by atoms with E-state index >= 15 is 0 Å². The second kappa shape index (κ2) is 8.87. The molecule has 156 valence electrons. The van der Waals surface area contributed by atoms with Crippen LogP contribution in [0.1, 0.15) is 12.8 Å². The van der Waals surface area contributed by atoms with Gasteiger partial charge in [-0.05, 0) is 49.2 Å². The van der Waals surface area contributed by atoms with Crippen LogP contribution in [0.4, 0.5) is 10.1 Å². The zero-order chi connectivity index (χ0) is 21.2. The van der Waals surface area contributed by atoms with E-state index in [0.29, 0.717) is 28.6 Å². The second-order valence-electron chi connectivity index (χ2n) is 6.64. The summed E-state index contributed by atoms with van der Waals surface area (Å²) in [5, 5.41) is 3.47. The molecule has 6 nitrogen and oxygen atoms in total. The fraction of sp³-hybridized carbons (Fsp3) is 0.316. The molecular weight excluding hydrogens is 442 g/mol. The molecule has 2 aromatic rings. The van der Waals surface area contributed by atoms with Crippen LogP contribution in [0.2, 0.25) is 10.0 Å². The van der Waals surface area contributed by atoms with Gasteiger partial charge in [0, 0.05) is 28.8 Å². The highest BCUT2D eigenvalue weighted by Crippen LogP contribution is 2.31. The standard InChI is InChI=1S/C19H19Cl2FN2O4S/c1-28-17-5-4-15(22)10-18(17)29(26,27)24-6-2-3-12(11-24)19(25)23-16-8-13(20)7-14(21)9-16/h4-5,7-10,12H,2-3,6,11H2,1H3,(H,23,25)/t12-/m0/s1. The lowest BCUT2D eigenvalue weighted by Crippen LogP contribution is -2.43. The first-order valence-electron chi connectivity index (χ1n) is 8.81. The second-order valence-corrected chi connectivity index (χ2v) is 9.42. The maximum atomic E-state index is 13.7. The number of nitrogens with one attached hydrogen (secondary N) is 1. The van der Waals surface area contributed by atoms with Crippen molar-refractivity contribution in [3.63, 3.8) is 0 Å². The number of carbonyl (C=O) groups is 1. The van der Waals surface area contributed by atoms with Crippen LogP contribution in [-0.2, 0) is 14.8 Å². The van der Waals surface area contributed by atoms with Crippen molar-refractivity contribution >= 4 is 44.8 Å². The number of piperidine rings is 1. The van der Waals surface area contributed by atoms with Gasteiger partial charge in [-0.2, -0.15) is 4.31 Å². The zero-order valence-corrected chi connectivity index (χ0v) is 17.8. The number of rotatable bonds is 5. The molecule has 0 spiro atoms. The number of anilines is 1. The van der Waals surface area contributed by atoms with Gasteiger partial charge in [-0.15, -0.1) is 0 Å². The Morgan fingerprint density at radius 3 is 2.55 bits per heavy atom. The Morgan fingerprint density at radius 1 is 1.21 bits per heavy atom. The van der Waals surface area contributed by atoms with Crippen molar-refractivity contribution in [3.05, 3.63) is 52.3 Å². The van der Waals surface area contributed by atoms with Crippen LogP contribution < -0.4 is 10.1 Å². The molecule has 10 heteroatoms. The monoisotopic (exact) mass is 460 g/mol. The van der Waals surface area contributed by atoms with Gasteiger partial charge in [0.15, 0.2) is 0 Å². The van der Waals surface area contributed by atoms with E-state index in [2.05, 4.69) is 5.32 Å². The highest BCUT2D eigenvalue weighted by molar-refractivity contribution is 7.89. The average Bonchev–Trinajstić information content (AvgIpc) is 2.67. The Morgan fingerprint density at radius 2 is 1.90 bits per heavy atom. The molecule has 0 bridgehead atoms. The van der Waals surface area contributed by atoms with Crippen LogP contribution in [-0.4, -0.2) is 38.8 Å². The lowest BCUT2D eigenvalue weighted by Gasteiger charge is -2.31. The summed E-state index contributed by atoms with van der Waals surface area (Å²) < 4.78 is 46.0. The summed E-state index contributed by atoms with van der Waals surface area (Å²) in [4.78, 5) is 12.4. The van der Waals surface area contributed by atoms with Crippen LogP contribution in [0, 0.1) is 11.7 Å². The molecule has 1 atom stereocenters. The van der Waals surface area contributed by atoms with Gasteiger partial charge < -0.3 is 10.1 Å². The van der Waals surface area contributed by atoms with Crippen molar-refractivity contribution < 1.29 is 22.3 Å². The van der Waals surface area contributed by atoms with Gasteiger partial charge in [-0.1, -0.05) is 23.2 Å². The lowest BCUT2D eigenvalue weighted by atomic mass is 9.99. The third-order valence-corrected chi connectivity index (χ3v) is 6.95. The van der Waals surface area contributed by atoms with Gasteiger partial charge in [-0.25, -0.2) is 12.8 Å². The fourth-order valence-corrected chi connectivity index (χ4v) is 5.45. The van der Waals surface area contributed by atoms with Crippen LogP contribution in [0.3, 0.4) is 0 Å². The molecular formula is C19H19Cl2FN2O4S. The summed E-state index contributed by atoms with van der Waals surface area (Å²) in [6.07, 6.45) is 1.01. The molecule has 1 heterocycles. The number of halogens is 3. The molecule has 1 aliphatic rings. The number of methoxy groups -OCH3 is 1. The van der Waals surface area contributed by atoms with Crippen LogP contribution in [0.5, 0.6) is 5.75 Å². The largest absolute Gasteiger partial charge is 0.495 e. The predicted octanol–water partition coefficient (Wildman–Crippen LogP) is 4.18. The third-order valence-electron chi connectivity index (χ3n) is 4.63. The number of amides is 1. The first-order valence-corrected chi connectivity index (χ1v) is 11.0. The lowest BCUT2D eigenvalue weighted by molar-refractivity contribution is -0.120. The molecule has 29 heavy (non-hydrogen) atoms. The number of hydrogen-bond acceptors (Lipinski definition) is 4. The quantitative estimate of drug-likeness (QED) is 0.725. The van der Waals surface area contributed by atoms with Crippen molar-refractivity contribution in [3.8, 4) is 5.75 Å². The molecule has 1 N–H and O–H groups in total. The summed E-state index contributed by atoms with van der Waals surface area (Å²) in [5.41, 5.74) is 0.430. The Bertz CT molecular complexity index is 1010. The number of sulfonamides is 1. The predicted molar refractivity (Wildman–Crippen MR) is 110 cm³/mol. The number of hydrogen-bond donors (Lipinski definition) is 1. The van der Waals surface area contributed by atoms with Gasteiger partial charge >= 0.3 is 0 Å². The normalized spacial score (nSPS) is 17.7. The zero-order valence-electron chi connectivity index (χ0n) is 15.5. The van der Waals surface area contributed by atoms with Gasteiger partial charge in [0.05, 0.1) is 13.0 Å². The molecule has 1 aliphatic heterocycles. The van der Waals surface area contributed by atoms with Crippen molar-refractivity contribution in [2.24, 2.45) is 5.92 Å². The Labute approximate surface area is 178 Å². The molecule has 0 saturated carbocycles. The molecule has 3 rings (SSSR count). The summed E-state index contributed by atoms with van der Waals surface area (Å²) >= 11 is 11.9. The van der Waals surface area contributed by atoms with Crippen LogP contribution in [0.15, 0.2) is 41.3 Å². The minimum atomic E-state index is -4.03. The van der Waals surface area contributed by atoms with E-state index in [1.165, 1.54) is 17.5 Å². The minimum Gasteiger partial charge on any atom is -0.495 e. The van der Waals surface area contributed by atoms with Crippen LogP contribution in [0.25, 0.3) is 0 Å². The number of nitrogens with zero attached hydrogens (tertiary/aromatic N) is 1. The first-order chi connectivity index (χ1) is 13.7. The molecule has 0 unspecified atom stereocenters. The molecule has 1 fully saturated rings. The van der Waals surface area contributed by atoms with Crippen molar-refractivity contribution in [2.45, 2.75) is 17.7 Å². The van der Waals surface area contributed by atoms with E-state index in [0.717, 1.165) is 12.1 Å². The molecule has 0 radical (unpaired) electrons. The summed E-state index contributed by atoms with van der Waals surface area (Å²) in [6.45, 7) is 0.205. The number of benzene rings is 2. The maximum absolute atomic E-state index is 13.7. The van der Waals surface area contributed by atoms with Crippen molar-refractivity contribution in [2.75, 3.05) is 25.5 Å². The van der Waals surface area contributed by atoms with E-state index < -0.39 is 21.8 Å². The Balaban J connectivity index is 1.79. The van der Waals surface area contributed by atoms with E-state index in [-0.39, 0.29) is 29.6 Å². The molecule has 1 amide bonds. The Hall–Kier alpha value is -1.87. The van der Waals surface area contributed by atoms with Gasteiger partial charge in [0.25, 0.3) is 0 Å². The summed E-state index contributed by atoms with van der Waals surface area (Å²) in [6, 6.07) is 7.96. The number of ether oxygens (including phenoxy) is 1. The fourth-order valence-electron chi connectivity index (χ4n) is 3.24. The van der Waals surface area contributed by atoms with E-state index in [1.807, 2.05) is 0 Å². The topological polar surface area (TPSA) is 75.7 Å². The van der Waals surface area contributed by atoms with Gasteiger partial charge in [0.1, 0.15) is 16.5 Å². The highest BCUT2D eigenvalue weighted by Gasteiger charge is 2.35. The van der Waals surface area contributed by atoms with E-state index in [4.69, 9.17) is 27.9 Å². The SMILES string of the molecule is COc1ccc(F)cc1S(=O)(=O)N1CCC[C@H](C(=O)Nc2cc(Cl)cc(Cl)c2)C1. The number of carbonyl (C=O) groups excluding carboxylic acids is 1. The van der Waals surface area contributed by atoms with Crippen molar-refractivity contribution in [1.82, 2.24) is 4.31 Å². The maximum Gasteiger partial charge on any atom is 0.246 e. The highest BCUT2D eigenvalue weighted by atomic mass is 35.5. The average molecular weight is 461 g/mol. The molecule has 0 aliphatic carbocycles. The molecule has 2 aromatic carbocycles. The van der Waals surface area contributed by atoms with E-state index in [9.17, 15) is 17.6 Å². The first kappa shape index (κ1) is 21.8. The van der Waals surface area contributed by atoms with Crippen molar-refractivity contribution in [1.29, 1.82) is 0 Å². The molecule has 0 aromatic heterocycles. The molecule has 1 saturated heterocycles. The third kappa shape index (κ3) is 5.01. The summed E-state index contributed by atoms with van der Waals surface area (Å²) in [7, 11) is -2.72. The minimum absolute atomic E-state index is 0.0257. The van der Waals surface area contributed by atoms with Gasteiger partial charge in [0.2, 0.25) is 15.9 Å². The van der Waals surface area contributed by atoms with Crippen LogP contribution >= 0.6 is 23.2 Å².